The fraction of sp³-hybridized carbons (Fsp3) is 0.176. The largest absolute Gasteiger partial charge is 0.326 e. The highest BCUT2D eigenvalue weighted by Gasteiger charge is 2.36. The Bertz CT molecular complexity index is 796. The third-order valence-electron chi connectivity index (χ3n) is 3.83. The molecule has 1 aliphatic rings. The van der Waals surface area contributed by atoms with Gasteiger partial charge in [0.05, 0.1) is 21.7 Å². The van der Waals surface area contributed by atoms with Gasteiger partial charge in [-0.2, -0.15) is 0 Å². The number of hydrogen-bond acceptors (Lipinski definition) is 2. The van der Waals surface area contributed by atoms with Crippen LogP contribution >= 0.6 is 45.8 Å². The molecule has 1 aliphatic heterocycles. The third-order valence-corrected chi connectivity index (χ3v) is 5.36. The summed E-state index contributed by atoms with van der Waals surface area (Å²) in [4.78, 5) is 26.2. The first-order valence-electron chi connectivity index (χ1n) is 7.26. The Morgan fingerprint density at radius 1 is 1.17 bits per heavy atom. The van der Waals surface area contributed by atoms with Crippen molar-refractivity contribution in [1.82, 2.24) is 0 Å². The Morgan fingerprint density at radius 2 is 1.88 bits per heavy atom. The summed E-state index contributed by atoms with van der Waals surface area (Å²) in [5, 5.41) is 3.56. The molecule has 0 spiro atoms. The Labute approximate surface area is 163 Å². The maximum Gasteiger partial charge on any atom is 0.229 e. The zero-order valence-corrected chi connectivity index (χ0v) is 16.1. The maximum absolute atomic E-state index is 12.4. The van der Waals surface area contributed by atoms with Gasteiger partial charge in [0.2, 0.25) is 11.8 Å². The van der Waals surface area contributed by atoms with Crippen molar-refractivity contribution in [1.29, 1.82) is 0 Å². The van der Waals surface area contributed by atoms with Crippen LogP contribution in [0.1, 0.15) is 6.42 Å². The zero-order valence-electron chi connectivity index (χ0n) is 12.4. The summed E-state index contributed by atoms with van der Waals surface area (Å²) in [5.74, 6) is -0.737. The molecule has 0 bridgehead atoms. The molecule has 2 aromatic rings. The third kappa shape index (κ3) is 3.68. The van der Waals surface area contributed by atoms with Crippen LogP contribution < -0.4 is 10.2 Å². The van der Waals surface area contributed by atoms with Crippen LogP contribution in [-0.4, -0.2) is 18.4 Å². The molecule has 0 saturated carbocycles. The lowest BCUT2D eigenvalue weighted by molar-refractivity contribution is -0.122. The van der Waals surface area contributed by atoms with E-state index in [1.165, 1.54) is 4.90 Å². The SMILES string of the molecule is O=C(Nc1ccc(I)cc1)[C@@H]1CC(=O)N(c2cccc(Cl)c2Cl)C1. The zero-order chi connectivity index (χ0) is 17.3. The van der Waals surface area contributed by atoms with E-state index in [-0.39, 0.29) is 24.8 Å². The predicted octanol–water partition coefficient (Wildman–Crippen LogP) is 4.59. The first kappa shape index (κ1) is 17.5. The van der Waals surface area contributed by atoms with Crippen LogP contribution in [0.4, 0.5) is 11.4 Å². The van der Waals surface area contributed by atoms with Crippen LogP contribution in [0.2, 0.25) is 10.0 Å². The van der Waals surface area contributed by atoms with Crippen LogP contribution in [0.15, 0.2) is 42.5 Å². The average molecular weight is 475 g/mol. The van der Waals surface area contributed by atoms with E-state index in [1.54, 1.807) is 18.2 Å². The number of carbonyl (C=O) groups excluding carboxylic acids is 2. The van der Waals surface area contributed by atoms with Crippen LogP contribution in [0.25, 0.3) is 0 Å². The van der Waals surface area contributed by atoms with Crippen molar-refractivity contribution in [3.8, 4) is 0 Å². The molecule has 0 unspecified atom stereocenters. The second-order valence-electron chi connectivity index (χ2n) is 5.47. The summed E-state index contributed by atoms with van der Waals surface area (Å²) >= 11 is 14.4. The molecule has 3 rings (SSSR count). The summed E-state index contributed by atoms with van der Waals surface area (Å²) in [6, 6.07) is 12.6. The lowest BCUT2D eigenvalue weighted by atomic mass is 10.1. The van der Waals surface area contributed by atoms with Gasteiger partial charge in [-0.05, 0) is 59.0 Å². The van der Waals surface area contributed by atoms with E-state index < -0.39 is 5.92 Å². The molecular formula is C17H13Cl2IN2O2. The number of hydrogen-bond donors (Lipinski definition) is 1. The molecule has 2 amide bonds. The number of benzene rings is 2. The quantitative estimate of drug-likeness (QED) is 0.661. The molecule has 24 heavy (non-hydrogen) atoms. The Hall–Kier alpha value is -1.31. The van der Waals surface area contributed by atoms with Gasteiger partial charge in [-0.1, -0.05) is 29.3 Å². The van der Waals surface area contributed by atoms with E-state index in [0.29, 0.717) is 21.4 Å². The van der Waals surface area contributed by atoms with Gasteiger partial charge in [0.15, 0.2) is 0 Å². The number of anilines is 2. The van der Waals surface area contributed by atoms with Crippen LogP contribution in [0.3, 0.4) is 0 Å². The summed E-state index contributed by atoms with van der Waals surface area (Å²) in [5.41, 5.74) is 1.26. The fourth-order valence-electron chi connectivity index (χ4n) is 2.59. The van der Waals surface area contributed by atoms with Gasteiger partial charge in [0.25, 0.3) is 0 Å². The van der Waals surface area contributed by atoms with Crippen molar-refractivity contribution in [2.24, 2.45) is 5.92 Å². The second kappa shape index (κ2) is 7.29. The summed E-state index contributed by atoms with van der Waals surface area (Å²) in [7, 11) is 0. The number of rotatable bonds is 3. The van der Waals surface area contributed by atoms with Gasteiger partial charge in [0, 0.05) is 22.2 Å². The normalized spacial score (nSPS) is 17.2. The molecule has 0 radical (unpaired) electrons. The minimum atomic E-state index is -0.424. The number of nitrogens with one attached hydrogen (secondary N) is 1. The molecule has 1 N–H and O–H groups in total. The highest BCUT2D eigenvalue weighted by molar-refractivity contribution is 14.1. The first-order chi connectivity index (χ1) is 11.5. The molecule has 0 aromatic heterocycles. The minimum Gasteiger partial charge on any atom is -0.326 e. The van der Waals surface area contributed by atoms with Gasteiger partial charge >= 0.3 is 0 Å². The molecular weight excluding hydrogens is 462 g/mol. The number of halogens is 3. The predicted molar refractivity (Wildman–Crippen MR) is 105 cm³/mol. The molecule has 0 aliphatic carbocycles. The maximum atomic E-state index is 12.4. The van der Waals surface area contributed by atoms with Crippen molar-refractivity contribution < 1.29 is 9.59 Å². The smallest absolute Gasteiger partial charge is 0.229 e. The van der Waals surface area contributed by atoms with E-state index in [9.17, 15) is 9.59 Å². The van der Waals surface area contributed by atoms with E-state index in [2.05, 4.69) is 27.9 Å². The number of nitrogens with zero attached hydrogens (tertiary/aromatic N) is 1. The lowest BCUT2D eigenvalue weighted by Gasteiger charge is -2.18. The highest BCUT2D eigenvalue weighted by atomic mass is 127. The molecule has 7 heteroatoms. The summed E-state index contributed by atoms with van der Waals surface area (Å²) < 4.78 is 1.09. The molecule has 1 heterocycles. The van der Waals surface area contributed by atoms with Crippen LogP contribution in [-0.2, 0) is 9.59 Å². The van der Waals surface area contributed by atoms with Gasteiger partial charge in [-0.3, -0.25) is 9.59 Å². The Morgan fingerprint density at radius 3 is 2.58 bits per heavy atom. The Kier molecular flexibility index (Phi) is 5.32. The van der Waals surface area contributed by atoms with Gasteiger partial charge in [-0.25, -0.2) is 0 Å². The molecule has 1 fully saturated rings. The average Bonchev–Trinajstić information content (AvgIpc) is 2.94. The van der Waals surface area contributed by atoms with E-state index in [0.717, 1.165) is 3.57 Å². The molecule has 4 nitrogen and oxygen atoms in total. The van der Waals surface area contributed by atoms with E-state index in [1.807, 2.05) is 24.3 Å². The van der Waals surface area contributed by atoms with Crippen LogP contribution in [0, 0.1) is 9.49 Å². The highest BCUT2D eigenvalue weighted by Crippen LogP contribution is 2.35. The summed E-state index contributed by atoms with van der Waals surface area (Å²) in [6.07, 6.45) is 0.152. The first-order valence-corrected chi connectivity index (χ1v) is 9.10. The standard InChI is InChI=1S/C17H13Cl2IN2O2/c18-13-2-1-3-14(16(13)19)22-9-10(8-15(22)23)17(24)21-12-6-4-11(20)5-7-12/h1-7,10H,8-9H2,(H,21,24)/t10-/m1/s1. The van der Waals surface area contributed by atoms with E-state index >= 15 is 0 Å². The van der Waals surface area contributed by atoms with Crippen molar-refractivity contribution in [2.75, 3.05) is 16.8 Å². The Balaban J connectivity index is 1.73. The lowest BCUT2D eigenvalue weighted by Crippen LogP contribution is -2.28. The van der Waals surface area contributed by atoms with Gasteiger partial charge in [-0.15, -0.1) is 0 Å². The molecule has 2 aromatic carbocycles. The summed E-state index contributed by atoms with van der Waals surface area (Å²) in [6.45, 7) is 0.287. The molecule has 1 saturated heterocycles. The van der Waals surface area contributed by atoms with Crippen LogP contribution in [0.5, 0.6) is 0 Å². The fourth-order valence-corrected chi connectivity index (χ4v) is 3.35. The topological polar surface area (TPSA) is 49.4 Å². The minimum absolute atomic E-state index is 0.137. The van der Waals surface area contributed by atoms with Crippen molar-refractivity contribution >= 4 is 69.0 Å². The molecule has 124 valence electrons. The second-order valence-corrected chi connectivity index (χ2v) is 7.51. The van der Waals surface area contributed by atoms with Crippen molar-refractivity contribution in [3.05, 3.63) is 56.1 Å². The number of carbonyl (C=O) groups is 2. The monoisotopic (exact) mass is 474 g/mol. The van der Waals surface area contributed by atoms with E-state index in [4.69, 9.17) is 23.2 Å². The van der Waals surface area contributed by atoms with Gasteiger partial charge in [0.1, 0.15) is 0 Å². The number of amides is 2. The molecule has 1 atom stereocenters. The van der Waals surface area contributed by atoms with Crippen molar-refractivity contribution in [2.45, 2.75) is 6.42 Å². The van der Waals surface area contributed by atoms with Gasteiger partial charge < -0.3 is 10.2 Å². The van der Waals surface area contributed by atoms with Crippen molar-refractivity contribution in [3.63, 3.8) is 0 Å².